The van der Waals surface area contributed by atoms with Crippen molar-refractivity contribution in [2.24, 2.45) is 0 Å². The molecular formula is C18H28N6S. The van der Waals surface area contributed by atoms with E-state index in [1.54, 1.807) is 6.08 Å². The third-order valence-corrected chi connectivity index (χ3v) is 5.11. The van der Waals surface area contributed by atoms with Crippen molar-refractivity contribution in [3.05, 3.63) is 18.7 Å². The van der Waals surface area contributed by atoms with E-state index in [9.17, 15) is 0 Å². The first kappa shape index (κ1) is 17.9. The summed E-state index contributed by atoms with van der Waals surface area (Å²) in [6.45, 7) is 9.76. The summed E-state index contributed by atoms with van der Waals surface area (Å²) in [5.74, 6) is 2.56. The lowest BCUT2D eigenvalue weighted by molar-refractivity contribution is 0.481. The molecule has 2 saturated heterocycles. The zero-order valence-electron chi connectivity index (χ0n) is 15.0. The van der Waals surface area contributed by atoms with Crippen molar-refractivity contribution in [1.82, 2.24) is 15.3 Å². The maximum atomic E-state index is 5.33. The number of piperidine rings is 1. The molecule has 2 fully saturated rings. The van der Waals surface area contributed by atoms with Gasteiger partial charge in [-0.1, -0.05) is 6.08 Å². The van der Waals surface area contributed by atoms with Crippen molar-refractivity contribution >= 4 is 34.9 Å². The van der Waals surface area contributed by atoms with E-state index >= 15 is 0 Å². The maximum absolute atomic E-state index is 5.33. The number of anilines is 3. The third-order valence-electron chi connectivity index (χ3n) is 4.86. The average molecular weight is 361 g/mol. The lowest BCUT2D eigenvalue weighted by atomic mass is 10.0. The molecule has 1 atom stereocenters. The van der Waals surface area contributed by atoms with Gasteiger partial charge in [0, 0.05) is 38.3 Å². The third kappa shape index (κ3) is 4.60. The van der Waals surface area contributed by atoms with Gasteiger partial charge >= 0.3 is 0 Å². The summed E-state index contributed by atoms with van der Waals surface area (Å²) in [5.41, 5.74) is 0. The Kier molecular flexibility index (Phi) is 6.07. The van der Waals surface area contributed by atoms with Crippen LogP contribution in [0.2, 0.25) is 0 Å². The second-order valence-corrected chi connectivity index (χ2v) is 7.17. The van der Waals surface area contributed by atoms with E-state index in [4.69, 9.17) is 22.2 Å². The molecule has 2 N–H and O–H groups in total. The van der Waals surface area contributed by atoms with Gasteiger partial charge < -0.3 is 20.4 Å². The van der Waals surface area contributed by atoms with E-state index in [2.05, 4.69) is 40.0 Å². The molecule has 136 valence electrons. The normalized spacial score (nSPS) is 20.4. The van der Waals surface area contributed by atoms with Crippen molar-refractivity contribution in [1.29, 1.82) is 0 Å². The lowest BCUT2D eigenvalue weighted by Gasteiger charge is -2.35. The van der Waals surface area contributed by atoms with Crippen molar-refractivity contribution < 1.29 is 0 Å². The number of aromatic nitrogens is 2. The molecule has 1 aromatic heterocycles. The van der Waals surface area contributed by atoms with Crippen molar-refractivity contribution in [2.45, 2.75) is 45.1 Å². The zero-order valence-corrected chi connectivity index (χ0v) is 15.8. The minimum Gasteiger partial charge on any atom is -0.359 e. The van der Waals surface area contributed by atoms with E-state index in [-0.39, 0.29) is 0 Å². The van der Waals surface area contributed by atoms with Crippen molar-refractivity contribution in [3.8, 4) is 0 Å². The monoisotopic (exact) mass is 360 g/mol. The Morgan fingerprint density at radius 1 is 1.24 bits per heavy atom. The highest BCUT2D eigenvalue weighted by Crippen LogP contribution is 2.28. The van der Waals surface area contributed by atoms with Crippen LogP contribution in [0.15, 0.2) is 18.7 Å². The molecule has 2 aliphatic heterocycles. The summed E-state index contributed by atoms with van der Waals surface area (Å²) in [7, 11) is 0. The van der Waals surface area contributed by atoms with Crippen molar-refractivity contribution in [2.75, 3.05) is 41.3 Å². The van der Waals surface area contributed by atoms with Crippen LogP contribution in [0, 0.1) is 0 Å². The summed E-state index contributed by atoms with van der Waals surface area (Å²) < 4.78 is 0. The number of hydrogen-bond donors (Lipinski definition) is 2. The van der Waals surface area contributed by atoms with Gasteiger partial charge in [0.1, 0.15) is 11.6 Å². The highest BCUT2D eigenvalue weighted by Gasteiger charge is 2.23. The van der Waals surface area contributed by atoms with Crippen LogP contribution >= 0.6 is 12.2 Å². The first-order chi connectivity index (χ1) is 12.2. The Balaban J connectivity index is 1.85. The average Bonchev–Trinajstić information content (AvgIpc) is 3.15. The lowest BCUT2D eigenvalue weighted by Crippen LogP contribution is -2.38. The quantitative estimate of drug-likeness (QED) is 0.618. The van der Waals surface area contributed by atoms with Crippen LogP contribution in [0.4, 0.5) is 17.6 Å². The first-order valence-electron chi connectivity index (χ1n) is 9.24. The Labute approximate surface area is 155 Å². The topological polar surface area (TPSA) is 56.3 Å². The van der Waals surface area contributed by atoms with E-state index in [1.165, 1.54) is 32.1 Å². The molecule has 0 aliphatic carbocycles. The summed E-state index contributed by atoms with van der Waals surface area (Å²) in [6.07, 6.45) is 7.95. The standard InChI is InChI=1S/C18H28N6S/c1-3-9-19-18(25)22-17-20-15(23-10-6-7-11-23)13-16(21-17)24-12-5-4-8-14(24)2/h3,13-14H,1,4-12H2,2H3,(H2,19,20,21,22,25). The molecule has 25 heavy (non-hydrogen) atoms. The molecule has 0 amide bonds. The van der Waals surface area contributed by atoms with Gasteiger partial charge in [-0.3, -0.25) is 0 Å². The fourth-order valence-electron chi connectivity index (χ4n) is 3.48. The van der Waals surface area contributed by atoms with Gasteiger partial charge in [0.15, 0.2) is 5.11 Å². The Bertz CT molecular complexity index is 614. The van der Waals surface area contributed by atoms with Crippen LogP contribution in [0.25, 0.3) is 0 Å². The predicted octanol–water partition coefficient (Wildman–Crippen LogP) is 2.93. The van der Waals surface area contributed by atoms with Crippen LogP contribution < -0.4 is 20.4 Å². The highest BCUT2D eigenvalue weighted by atomic mass is 32.1. The van der Waals surface area contributed by atoms with Crippen LogP contribution in [0.5, 0.6) is 0 Å². The predicted molar refractivity (Wildman–Crippen MR) is 109 cm³/mol. The molecular weight excluding hydrogens is 332 g/mol. The number of nitrogens with zero attached hydrogens (tertiary/aromatic N) is 4. The van der Waals surface area contributed by atoms with Crippen LogP contribution in [-0.2, 0) is 0 Å². The summed E-state index contributed by atoms with van der Waals surface area (Å²) in [6, 6.07) is 2.65. The minimum atomic E-state index is 0.508. The van der Waals surface area contributed by atoms with Gasteiger partial charge in [0.2, 0.25) is 5.95 Å². The number of rotatable bonds is 5. The number of hydrogen-bond acceptors (Lipinski definition) is 5. The van der Waals surface area contributed by atoms with Gasteiger partial charge in [-0.2, -0.15) is 9.97 Å². The van der Waals surface area contributed by atoms with Crippen molar-refractivity contribution in [3.63, 3.8) is 0 Å². The maximum Gasteiger partial charge on any atom is 0.232 e. The van der Waals surface area contributed by atoms with E-state index in [0.29, 0.717) is 23.6 Å². The summed E-state index contributed by atoms with van der Waals surface area (Å²) in [4.78, 5) is 14.2. The second kappa shape index (κ2) is 8.47. The minimum absolute atomic E-state index is 0.508. The van der Waals surface area contributed by atoms with Gasteiger partial charge in [-0.05, 0) is 51.2 Å². The highest BCUT2D eigenvalue weighted by molar-refractivity contribution is 7.80. The van der Waals surface area contributed by atoms with E-state index in [1.807, 2.05) is 0 Å². The van der Waals surface area contributed by atoms with E-state index < -0.39 is 0 Å². The number of nitrogens with one attached hydrogen (secondary N) is 2. The molecule has 1 unspecified atom stereocenters. The fourth-order valence-corrected chi connectivity index (χ4v) is 3.66. The molecule has 0 saturated carbocycles. The summed E-state index contributed by atoms with van der Waals surface area (Å²) in [5, 5.41) is 6.73. The molecule has 3 rings (SSSR count). The largest absolute Gasteiger partial charge is 0.359 e. The number of thiocarbonyl (C=S) groups is 1. The van der Waals surface area contributed by atoms with E-state index in [0.717, 1.165) is 31.3 Å². The SMILES string of the molecule is C=CCNC(=S)Nc1nc(N2CCCC2)cc(N2CCCCC2C)n1. The molecule has 7 heteroatoms. The molecule has 0 bridgehead atoms. The van der Waals surface area contributed by atoms with Gasteiger partial charge in [0.25, 0.3) is 0 Å². The Morgan fingerprint density at radius 2 is 1.96 bits per heavy atom. The van der Waals surface area contributed by atoms with Gasteiger partial charge in [-0.15, -0.1) is 6.58 Å². The molecule has 0 spiro atoms. The molecule has 2 aliphatic rings. The van der Waals surface area contributed by atoms with Gasteiger partial charge in [0.05, 0.1) is 0 Å². The molecule has 0 radical (unpaired) electrons. The smallest absolute Gasteiger partial charge is 0.232 e. The Morgan fingerprint density at radius 3 is 2.68 bits per heavy atom. The molecule has 3 heterocycles. The van der Waals surface area contributed by atoms with Gasteiger partial charge in [-0.25, -0.2) is 0 Å². The first-order valence-corrected chi connectivity index (χ1v) is 9.64. The Hall–Kier alpha value is -1.89. The fraction of sp³-hybridized carbons (Fsp3) is 0.611. The van der Waals surface area contributed by atoms with Crippen LogP contribution in [-0.4, -0.2) is 47.3 Å². The molecule has 1 aromatic rings. The second-order valence-electron chi connectivity index (χ2n) is 6.76. The zero-order chi connectivity index (χ0) is 17.6. The molecule has 0 aromatic carbocycles. The van der Waals surface area contributed by atoms with Crippen LogP contribution in [0.3, 0.4) is 0 Å². The molecule has 6 nitrogen and oxygen atoms in total. The van der Waals surface area contributed by atoms with Crippen LogP contribution in [0.1, 0.15) is 39.0 Å². The summed E-state index contributed by atoms with van der Waals surface area (Å²) >= 11 is 5.33.